The van der Waals surface area contributed by atoms with Crippen LogP contribution < -0.4 is 5.32 Å². The van der Waals surface area contributed by atoms with Gasteiger partial charge in [0.15, 0.2) is 0 Å². The van der Waals surface area contributed by atoms with E-state index in [-0.39, 0.29) is 5.41 Å². The molecule has 0 atom stereocenters. The SMILES string of the molecule is CC(C)(C)c1cnc(NCc2cccc(F)n2)nc1. The fraction of sp³-hybridized carbons (Fsp3) is 0.357. The lowest BCUT2D eigenvalue weighted by Crippen LogP contribution is -2.13. The predicted octanol–water partition coefficient (Wildman–Crippen LogP) is 2.92. The second-order valence-corrected chi connectivity index (χ2v) is 5.35. The van der Waals surface area contributed by atoms with Crippen molar-refractivity contribution in [3.05, 3.63) is 47.8 Å². The normalized spacial score (nSPS) is 11.4. The lowest BCUT2D eigenvalue weighted by molar-refractivity contribution is 0.577. The summed E-state index contributed by atoms with van der Waals surface area (Å²) in [6, 6.07) is 4.70. The molecule has 1 N–H and O–H groups in total. The molecule has 0 radical (unpaired) electrons. The van der Waals surface area contributed by atoms with Gasteiger partial charge in [0.05, 0.1) is 12.2 Å². The molecule has 2 aromatic heterocycles. The summed E-state index contributed by atoms with van der Waals surface area (Å²) in [5.41, 5.74) is 1.72. The number of nitrogens with one attached hydrogen (secondary N) is 1. The van der Waals surface area contributed by atoms with E-state index < -0.39 is 5.95 Å². The highest BCUT2D eigenvalue weighted by atomic mass is 19.1. The van der Waals surface area contributed by atoms with Crippen LogP contribution >= 0.6 is 0 Å². The van der Waals surface area contributed by atoms with Crippen LogP contribution in [0.1, 0.15) is 32.0 Å². The number of pyridine rings is 1. The molecule has 0 unspecified atom stereocenters. The summed E-state index contributed by atoms with van der Waals surface area (Å²) in [6.07, 6.45) is 3.60. The minimum atomic E-state index is -0.483. The van der Waals surface area contributed by atoms with E-state index in [0.29, 0.717) is 18.2 Å². The van der Waals surface area contributed by atoms with Crippen molar-refractivity contribution in [1.29, 1.82) is 0 Å². The molecule has 2 aromatic rings. The van der Waals surface area contributed by atoms with Crippen LogP contribution in [0, 0.1) is 5.95 Å². The minimum absolute atomic E-state index is 0.0304. The zero-order chi connectivity index (χ0) is 13.9. The Hall–Kier alpha value is -2.04. The van der Waals surface area contributed by atoms with Crippen molar-refractivity contribution in [3.63, 3.8) is 0 Å². The van der Waals surface area contributed by atoms with Gasteiger partial charge in [-0.05, 0) is 23.1 Å². The first-order chi connectivity index (χ1) is 8.95. The maximum absolute atomic E-state index is 12.9. The molecule has 0 saturated heterocycles. The first-order valence-electron chi connectivity index (χ1n) is 6.13. The molecule has 5 heteroatoms. The highest BCUT2D eigenvalue weighted by Gasteiger charge is 2.14. The molecular weight excluding hydrogens is 243 g/mol. The molecule has 4 nitrogen and oxygen atoms in total. The lowest BCUT2D eigenvalue weighted by atomic mass is 9.89. The van der Waals surface area contributed by atoms with Crippen LogP contribution in [0.2, 0.25) is 0 Å². The van der Waals surface area contributed by atoms with Crippen LogP contribution in [0.5, 0.6) is 0 Å². The molecule has 0 aliphatic rings. The van der Waals surface area contributed by atoms with Gasteiger partial charge in [-0.3, -0.25) is 0 Å². The van der Waals surface area contributed by atoms with Crippen molar-refractivity contribution >= 4 is 5.95 Å². The van der Waals surface area contributed by atoms with Gasteiger partial charge in [-0.15, -0.1) is 0 Å². The molecule has 100 valence electrons. The van der Waals surface area contributed by atoms with Crippen LogP contribution in [0.25, 0.3) is 0 Å². The molecule has 0 aromatic carbocycles. The molecule has 0 spiro atoms. The second kappa shape index (κ2) is 5.30. The van der Waals surface area contributed by atoms with Gasteiger partial charge < -0.3 is 5.32 Å². The Morgan fingerprint density at radius 2 is 1.84 bits per heavy atom. The molecule has 0 aliphatic carbocycles. The number of halogens is 1. The predicted molar refractivity (Wildman–Crippen MR) is 72.3 cm³/mol. The van der Waals surface area contributed by atoms with Gasteiger partial charge in [0.1, 0.15) is 0 Å². The van der Waals surface area contributed by atoms with Crippen molar-refractivity contribution in [2.45, 2.75) is 32.7 Å². The van der Waals surface area contributed by atoms with Gasteiger partial charge in [-0.25, -0.2) is 15.0 Å². The number of hydrogen-bond acceptors (Lipinski definition) is 4. The Labute approximate surface area is 112 Å². The van der Waals surface area contributed by atoms with Crippen LogP contribution in [0.15, 0.2) is 30.6 Å². The Morgan fingerprint density at radius 1 is 1.16 bits per heavy atom. The summed E-state index contributed by atoms with van der Waals surface area (Å²) in [5, 5.41) is 3.02. The van der Waals surface area contributed by atoms with E-state index in [1.807, 2.05) is 0 Å². The largest absolute Gasteiger partial charge is 0.349 e. The summed E-state index contributed by atoms with van der Waals surface area (Å²) in [6.45, 7) is 6.72. The van der Waals surface area contributed by atoms with Crippen molar-refractivity contribution in [3.8, 4) is 0 Å². The monoisotopic (exact) mass is 260 g/mol. The highest BCUT2D eigenvalue weighted by molar-refractivity contribution is 5.28. The third kappa shape index (κ3) is 3.71. The zero-order valence-corrected chi connectivity index (χ0v) is 11.3. The van der Waals surface area contributed by atoms with E-state index >= 15 is 0 Å². The van der Waals surface area contributed by atoms with Crippen molar-refractivity contribution in [1.82, 2.24) is 15.0 Å². The number of anilines is 1. The smallest absolute Gasteiger partial charge is 0.222 e. The first kappa shape index (κ1) is 13.4. The number of rotatable bonds is 3. The van der Waals surface area contributed by atoms with Crippen molar-refractivity contribution < 1.29 is 4.39 Å². The van der Waals surface area contributed by atoms with Gasteiger partial charge in [-0.2, -0.15) is 4.39 Å². The van der Waals surface area contributed by atoms with Gasteiger partial charge in [0, 0.05) is 12.4 Å². The fourth-order valence-electron chi connectivity index (χ4n) is 1.53. The Kier molecular flexibility index (Phi) is 3.74. The van der Waals surface area contributed by atoms with Crippen LogP contribution in [0.4, 0.5) is 10.3 Å². The molecule has 2 heterocycles. The Bertz CT molecular complexity index is 546. The quantitative estimate of drug-likeness (QED) is 0.862. The number of aromatic nitrogens is 3. The van der Waals surface area contributed by atoms with Crippen LogP contribution in [0.3, 0.4) is 0 Å². The van der Waals surface area contributed by atoms with E-state index in [2.05, 4.69) is 41.0 Å². The van der Waals surface area contributed by atoms with E-state index in [1.165, 1.54) is 6.07 Å². The number of hydrogen-bond donors (Lipinski definition) is 1. The van der Waals surface area contributed by atoms with Gasteiger partial charge in [0.25, 0.3) is 0 Å². The van der Waals surface area contributed by atoms with Gasteiger partial charge in [-0.1, -0.05) is 26.8 Å². The van der Waals surface area contributed by atoms with Crippen molar-refractivity contribution in [2.24, 2.45) is 0 Å². The van der Waals surface area contributed by atoms with Crippen LogP contribution in [-0.2, 0) is 12.0 Å². The molecular formula is C14H17FN4. The molecule has 2 rings (SSSR count). The Balaban J connectivity index is 2.01. The summed E-state index contributed by atoms with van der Waals surface area (Å²) < 4.78 is 12.9. The first-order valence-corrected chi connectivity index (χ1v) is 6.13. The molecule has 0 bridgehead atoms. The van der Waals surface area contributed by atoms with Gasteiger partial charge in [0.2, 0.25) is 11.9 Å². The lowest BCUT2D eigenvalue weighted by Gasteiger charge is -2.17. The molecule has 19 heavy (non-hydrogen) atoms. The maximum Gasteiger partial charge on any atom is 0.222 e. The summed E-state index contributed by atoms with van der Waals surface area (Å²) in [5.74, 6) is 0.0300. The third-order valence-electron chi connectivity index (χ3n) is 2.72. The second-order valence-electron chi connectivity index (χ2n) is 5.35. The van der Waals surface area contributed by atoms with Crippen molar-refractivity contribution in [2.75, 3.05) is 5.32 Å². The average molecular weight is 260 g/mol. The average Bonchev–Trinajstić information content (AvgIpc) is 2.36. The summed E-state index contributed by atoms with van der Waals surface area (Å²) in [4.78, 5) is 12.2. The summed E-state index contributed by atoms with van der Waals surface area (Å²) >= 11 is 0. The maximum atomic E-state index is 12.9. The van der Waals surface area contributed by atoms with E-state index in [4.69, 9.17) is 0 Å². The Morgan fingerprint density at radius 3 is 2.42 bits per heavy atom. The van der Waals surface area contributed by atoms with E-state index in [0.717, 1.165) is 5.56 Å². The molecule has 0 saturated carbocycles. The molecule has 0 aliphatic heterocycles. The number of nitrogens with zero attached hydrogens (tertiary/aromatic N) is 3. The topological polar surface area (TPSA) is 50.7 Å². The summed E-state index contributed by atoms with van der Waals surface area (Å²) in [7, 11) is 0. The standard InChI is InChI=1S/C14H17FN4/c1-14(2,3)10-7-16-13(17-8-10)18-9-11-5-4-6-12(15)19-11/h4-8H,9H2,1-3H3,(H,16,17,18). The van der Waals surface area contributed by atoms with Gasteiger partial charge >= 0.3 is 0 Å². The molecule has 0 amide bonds. The zero-order valence-electron chi connectivity index (χ0n) is 11.3. The van der Waals surface area contributed by atoms with E-state index in [9.17, 15) is 4.39 Å². The van der Waals surface area contributed by atoms with Crippen LogP contribution in [-0.4, -0.2) is 15.0 Å². The fourth-order valence-corrected chi connectivity index (χ4v) is 1.53. The highest BCUT2D eigenvalue weighted by Crippen LogP contribution is 2.20. The van der Waals surface area contributed by atoms with E-state index in [1.54, 1.807) is 24.5 Å². The minimum Gasteiger partial charge on any atom is -0.349 e. The third-order valence-corrected chi connectivity index (χ3v) is 2.72. The molecule has 0 fully saturated rings.